The van der Waals surface area contributed by atoms with E-state index in [0.29, 0.717) is 12.8 Å². The van der Waals surface area contributed by atoms with Crippen LogP contribution in [0.1, 0.15) is 168 Å². The van der Waals surface area contributed by atoms with Crippen molar-refractivity contribution in [3.05, 3.63) is 60.8 Å². The molecule has 0 saturated carbocycles. The van der Waals surface area contributed by atoms with Gasteiger partial charge in [0.05, 0.1) is 13.2 Å². The first-order valence-electron chi connectivity index (χ1n) is 22.4. The molecule has 0 amide bonds. The maximum absolute atomic E-state index is 12.8. The van der Waals surface area contributed by atoms with Crippen molar-refractivity contribution >= 4 is 11.9 Å². The summed E-state index contributed by atoms with van der Waals surface area (Å²) >= 11 is 0. The molecule has 10 heteroatoms. The highest BCUT2D eigenvalue weighted by atomic mass is 16.7. The molecule has 1 rings (SSSR count). The molecule has 1 saturated heterocycles. The Kier molecular flexibility index (Phi) is 34.6. The first kappa shape index (κ1) is 52.4. The minimum absolute atomic E-state index is 0.196. The Bertz CT molecular complexity index is 1110. The third kappa shape index (κ3) is 29.3. The summed E-state index contributed by atoms with van der Waals surface area (Å²) in [7, 11) is 0. The second-order valence-corrected chi connectivity index (χ2v) is 15.1. The summed E-state index contributed by atoms with van der Waals surface area (Å²) in [5, 5.41) is 40.0. The largest absolute Gasteiger partial charge is 0.462 e. The Morgan fingerprint density at radius 3 is 1.58 bits per heavy atom. The van der Waals surface area contributed by atoms with Crippen LogP contribution in [0.2, 0.25) is 0 Å². The molecular weight excluding hydrogens is 725 g/mol. The van der Waals surface area contributed by atoms with Crippen LogP contribution in [0, 0.1) is 0 Å². The van der Waals surface area contributed by atoms with Gasteiger partial charge in [-0.3, -0.25) is 9.59 Å². The molecule has 57 heavy (non-hydrogen) atoms. The number of carbonyl (C=O) groups excluding carboxylic acids is 2. The van der Waals surface area contributed by atoms with Crippen molar-refractivity contribution < 1.29 is 49.0 Å². The molecule has 2 unspecified atom stereocenters. The molecule has 10 nitrogen and oxygen atoms in total. The summed E-state index contributed by atoms with van der Waals surface area (Å²) in [6.45, 7) is 3.31. The van der Waals surface area contributed by atoms with Crippen LogP contribution in [0.4, 0.5) is 0 Å². The molecule has 1 fully saturated rings. The highest BCUT2D eigenvalue weighted by Gasteiger charge is 2.44. The number of esters is 2. The standard InChI is InChI=1S/C47H80O10/c1-3-5-7-9-11-13-15-17-19-20-22-23-25-27-29-31-33-35-42(49)54-38-40(39-55-47-46(53)45(52)44(51)41(37-48)57-47)56-43(50)36-34-32-30-28-26-24-21-18-16-14-12-10-8-6-4-2/h11,13,17-19,21-23,27,29,40-41,44-48,51-53H,3-10,12,14-16,20,24-26,28,30-39H2,1-2H3/b13-11+,19-17+,21-18+,23-22+,29-27+/t40-,41-,44+,45?,46?,47-/m0/s1. The van der Waals surface area contributed by atoms with Gasteiger partial charge in [0.1, 0.15) is 31.0 Å². The molecule has 0 aromatic heterocycles. The van der Waals surface area contributed by atoms with Gasteiger partial charge in [-0.2, -0.15) is 0 Å². The van der Waals surface area contributed by atoms with Crippen LogP contribution >= 0.6 is 0 Å². The molecule has 6 atom stereocenters. The summed E-state index contributed by atoms with van der Waals surface area (Å²) in [5.74, 6) is -0.886. The van der Waals surface area contributed by atoms with Gasteiger partial charge >= 0.3 is 11.9 Å². The Morgan fingerprint density at radius 2 is 1.00 bits per heavy atom. The first-order chi connectivity index (χ1) is 27.8. The van der Waals surface area contributed by atoms with Gasteiger partial charge in [0, 0.05) is 12.8 Å². The van der Waals surface area contributed by atoms with Crippen LogP contribution in [-0.2, 0) is 28.5 Å². The number of unbranched alkanes of at least 4 members (excludes halogenated alkanes) is 15. The number of hydrogen-bond donors (Lipinski definition) is 4. The fraction of sp³-hybridized carbons (Fsp3) is 0.745. The van der Waals surface area contributed by atoms with Gasteiger partial charge in [-0.15, -0.1) is 0 Å². The summed E-state index contributed by atoms with van der Waals surface area (Å²) in [6.07, 6.45) is 38.0. The van der Waals surface area contributed by atoms with E-state index in [9.17, 15) is 30.0 Å². The molecule has 0 bridgehead atoms. The van der Waals surface area contributed by atoms with Crippen molar-refractivity contribution in [2.75, 3.05) is 19.8 Å². The fourth-order valence-electron chi connectivity index (χ4n) is 6.29. The van der Waals surface area contributed by atoms with E-state index < -0.39 is 55.4 Å². The average molecular weight is 805 g/mol. The molecule has 328 valence electrons. The van der Waals surface area contributed by atoms with E-state index in [1.165, 1.54) is 57.8 Å². The van der Waals surface area contributed by atoms with Crippen LogP contribution in [0.3, 0.4) is 0 Å². The molecule has 0 radical (unpaired) electrons. The van der Waals surface area contributed by atoms with Gasteiger partial charge in [0.25, 0.3) is 0 Å². The molecule has 0 aliphatic carbocycles. The second kappa shape index (κ2) is 37.7. The Labute approximate surface area is 345 Å². The van der Waals surface area contributed by atoms with E-state index in [4.69, 9.17) is 18.9 Å². The zero-order valence-corrected chi connectivity index (χ0v) is 35.6. The summed E-state index contributed by atoms with van der Waals surface area (Å²) in [5.41, 5.74) is 0. The van der Waals surface area contributed by atoms with Crippen molar-refractivity contribution in [1.29, 1.82) is 0 Å². The summed E-state index contributed by atoms with van der Waals surface area (Å²) < 4.78 is 22.1. The smallest absolute Gasteiger partial charge is 0.306 e. The van der Waals surface area contributed by atoms with Crippen molar-refractivity contribution in [3.63, 3.8) is 0 Å². The average Bonchev–Trinajstić information content (AvgIpc) is 3.21. The molecule has 1 aliphatic rings. The van der Waals surface area contributed by atoms with Crippen LogP contribution < -0.4 is 0 Å². The number of allylic oxidation sites excluding steroid dienone is 10. The predicted molar refractivity (Wildman–Crippen MR) is 228 cm³/mol. The van der Waals surface area contributed by atoms with Gasteiger partial charge in [-0.25, -0.2) is 0 Å². The zero-order valence-electron chi connectivity index (χ0n) is 35.6. The van der Waals surface area contributed by atoms with E-state index in [2.05, 4.69) is 68.5 Å². The number of carbonyl (C=O) groups is 2. The monoisotopic (exact) mass is 805 g/mol. The van der Waals surface area contributed by atoms with E-state index >= 15 is 0 Å². The lowest BCUT2D eigenvalue weighted by Crippen LogP contribution is -2.59. The van der Waals surface area contributed by atoms with E-state index in [1.807, 2.05) is 6.08 Å². The van der Waals surface area contributed by atoms with Gasteiger partial charge in [0.2, 0.25) is 0 Å². The van der Waals surface area contributed by atoms with E-state index in [-0.39, 0.29) is 26.1 Å². The first-order valence-corrected chi connectivity index (χ1v) is 22.4. The lowest BCUT2D eigenvalue weighted by atomic mass is 9.99. The Hall–Kier alpha value is -2.60. The number of ether oxygens (including phenoxy) is 4. The van der Waals surface area contributed by atoms with Crippen LogP contribution in [0.25, 0.3) is 0 Å². The van der Waals surface area contributed by atoms with Crippen LogP contribution in [-0.4, -0.2) is 89.0 Å². The highest BCUT2D eigenvalue weighted by molar-refractivity contribution is 5.70. The summed E-state index contributed by atoms with van der Waals surface area (Å²) in [4.78, 5) is 25.3. The van der Waals surface area contributed by atoms with Crippen LogP contribution in [0.5, 0.6) is 0 Å². The molecule has 1 aliphatic heterocycles. The van der Waals surface area contributed by atoms with Gasteiger partial charge in [0.15, 0.2) is 12.4 Å². The predicted octanol–water partition coefficient (Wildman–Crippen LogP) is 9.44. The van der Waals surface area contributed by atoms with E-state index in [1.54, 1.807) is 0 Å². The highest BCUT2D eigenvalue weighted by Crippen LogP contribution is 2.22. The van der Waals surface area contributed by atoms with E-state index in [0.717, 1.165) is 70.6 Å². The van der Waals surface area contributed by atoms with Crippen LogP contribution in [0.15, 0.2) is 60.8 Å². The topological polar surface area (TPSA) is 152 Å². The summed E-state index contributed by atoms with van der Waals surface area (Å²) in [6, 6.07) is 0. The number of hydrogen-bond acceptors (Lipinski definition) is 10. The van der Waals surface area contributed by atoms with Crippen molar-refractivity contribution in [1.82, 2.24) is 0 Å². The minimum atomic E-state index is -1.61. The molecule has 0 spiro atoms. The fourth-order valence-corrected chi connectivity index (χ4v) is 6.29. The van der Waals surface area contributed by atoms with Crippen molar-refractivity contribution in [2.24, 2.45) is 0 Å². The maximum atomic E-state index is 12.8. The molecule has 0 aromatic carbocycles. The number of rotatable bonds is 36. The third-order valence-corrected chi connectivity index (χ3v) is 9.88. The normalized spacial score (nSPS) is 20.8. The molecule has 1 heterocycles. The Morgan fingerprint density at radius 1 is 0.544 bits per heavy atom. The molecule has 0 aromatic rings. The lowest BCUT2D eigenvalue weighted by Gasteiger charge is -2.39. The van der Waals surface area contributed by atoms with Gasteiger partial charge in [-0.1, -0.05) is 139 Å². The Balaban J connectivity index is 2.39. The minimum Gasteiger partial charge on any atom is -0.462 e. The molecular formula is C47H80O10. The van der Waals surface area contributed by atoms with Gasteiger partial charge in [-0.05, 0) is 77.0 Å². The number of aliphatic hydroxyl groups excluding tert-OH is 4. The second-order valence-electron chi connectivity index (χ2n) is 15.1. The number of aliphatic hydroxyl groups is 4. The van der Waals surface area contributed by atoms with Crippen molar-refractivity contribution in [3.8, 4) is 0 Å². The zero-order chi connectivity index (χ0) is 41.6. The van der Waals surface area contributed by atoms with Crippen molar-refractivity contribution in [2.45, 2.75) is 205 Å². The SMILES string of the molecule is CCCCC/C=C/C/C=C/C/C=C/C/C=C/CCCC(=O)OC[C@@H](CO[C@H]1O[C@@H](CO)[C@@H](O)C(O)C1O)OC(=O)CCCCCCC/C=C/CCCCCCCC. The van der Waals surface area contributed by atoms with Gasteiger partial charge < -0.3 is 39.4 Å². The lowest BCUT2D eigenvalue weighted by molar-refractivity contribution is -0.305. The molecule has 4 N–H and O–H groups in total. The third-order valence-electron chi connectivity index (χ3n) is 9.88. The quantitative estimate of drug-likeness (QED) is 0.0274. The maximum Gasteiger partial charge on any atom is 0.306 e.